The van der Waals surface area contributed by atoms with Crippen molar-refractivity contribution in [3.8, 4) is 0 Å². The van der Waals surface area contributed by atoms with Gasteiger partial charge in [-0.1, -0.05) is 75.6 Å². The van der Waals surface area contributed by atoms with Gasteiger partial charge in [0.1, 0.15) is 5.15 Å². The van der Waals surface area contributed by atoms with Crippen LogP contribution in [0.15, 0.2) is 17.0 Å². The number of thioether (sulfide) groups is 1. The zero-order valence-corrected chi connectivity index (χ0v) is 15.2. The second kappa shape index (κ2) is 7.81. The molecule has 2 aromatic rings. The van der Waals surface area contributed by atoms with Crippen molar-refractivity contribution in [2.75, 3.05) is 11.1 Å². The van der Waals surface area contributed by atoms with Crippen LogP contribution in [0.4, 0.5) is 5.13 Å². The van der Waals surface area contributed by atoms with Crippen molar-refractivity contribution in [2.45, 2.75) is 4.34 Å². The van der Waals surface area contributed by atoms with E-state index in [2.05, 4.69) is 27.1 Å². The number of aromatic nitrogens is 3. The van der Waals surface area contributed by atoms with E-state index in [1.165, 1.54) is 23.1 Å². The molecule has 0 bridgehead atoms. The van der Waals surface area contributed by atoms with Crippen LogP contribution in [0.2, 0.25) is 20.2 Å². The highest BCUT2D eigenvalue weighted by Crippen LogP contribution is 2.36. The van der Waals surface area contributed by atoms with Gasteiger partial charge in [0.15, 0.2) is 10.0 Å². The highest BCUT2D eigenvalue weighted by molar-refractivity contribution is 8.01. The van der Waals surface area contributed by atoms with E-state index in [0.29, 0.717) is 15.2 Å². The van der Waals surface area contributed by atoms with Gasteiger partial charge in [-0.25, -0.2) is 4.98 Å². The molecule has 116 valence electrons. The van der Waals surface area contributed by atoms with E-state index in [1.807, 2.05) is 0 Å². The molecule has 0 saturated carbocycles. The Labute approximate surface area is 154 Å². The van der Waals surface area contributed by atoms with E-state index in [0.717, 1.165) is 0 Å². The first-order valence-corrected chi connectivity index (χ1v) is 8.84. The van der Waals surface area contributed by atoms with E-state index in [4.69, 9.17) is 46.4 Å². The van der Waals surface area contributed by atoms with Crippen LogP contribution in [0, 0.1) is 0 Å². The van der Waals surface area contributed by atoms with Crippen LogP contribution in [0.5, 0.6) is 0 Å². The molecular weight excluding hydrogens is 410 g/mol. The van der Waals surface area contributed by atoms with Gasteiger partial charge < -0.3 is 0 Å². The van der Waals surface area contributed by atoms with Crippen molar-refractivity contribution < 1.29 is 4.79 Å². The number of nitrogens with zero attached hydrogens (tertiary/aromatic N) is 3. The Kier molecular flexibility index (Phi) is 6.31. The molecule has 0 aliphatic carbocycles. The number of pyridine rings is 1. The summed E-state index contributed by atoms with van der Waals surface area (Å²) in [6.45, 7) is 3.61. The Balaban J connectivity index is 2.19. The summed E-state index contributed by atoms with van der Waals surface area (Å²) in [5.41, 5.74) is -0.142. The maximum atomic E-state index is 12.2. The molecule has 2 heterocycles. The standard InChI is InChI=1S/C11H6Cl4N4OS2/c1-2-3-21-11-19-18-10(22-11)17-9(20)7-5(13)4(12)6(14)8(15)16-7/h2H,1,3H2,(H,17,18,20). The van der Waals surface area contributed by atoms with E-state index >= 15 is 0 Å². The van der Waals surface area contributed by atoms with Gasteiger partial charge in [0.05, 0.1) is 15.1 Å². The van der Waals surface area contributed by atoms with E-state index in [-0.39, 0.29) is 25.9 Å². The van der Waals surface area contributed by atoms with Gasteiger partial charge >= 0.3 is 0 Å². The maximum Gasteiger partial charge on any atom is 0.277 e. The van der Waals surface area contributed by atoms with Crippen molar-refractivity contribution in [1.29, 1.82) is 0 Å². The minimum Gasteiger partial charge on any atom is -0.295 e. The minimum atomic E-state index is -0.609. The molecule has 1 N–H and O–H groups in total. The zero-order valence-electron chi connectivity index (χ0n) is 10.6. The molecule has 0 fully saturated rings. The predicted octanol–water partition coefficient (Wildman–Crippen LogP) is 5.08. The van der Waals surface area contributed by atoms with Crippen LogP contribution in [-0.4, -0.2) is 26.8 Å². The number of hydrogen-bond acceptors (Lipinski definition) is 6. The third-order valence-corrected chi connectivity index (χ3v) is 5.80. The molecule has 22 heavy (non-hydrogen) atoms. The van der Waals surface area contributed by atoms with Gasteiger partial charge in [0, 0.05) is 5.75 Å². The molecule has 0 radical (unpaired) electrons. The lowest BCUT2D eigenvalue weighted by Crippen LogP contribution is -2.14. The second-order valence-electron chi connectivity index (χ2n) is 3.62. The number of rotatable bonds is 5. The Morgan fingerprint density at radius 3 is 2.64 bits per heavy atom. The van der Waals surface area contributed by atoms with Gasteiger partial charge in [-0.05, 0) is 0 Å². The largest absolute Gasteiger partial charge is 0.295 e. The molecule has 11 heteroatoms. The summed E-state index contributed by atoms with van der Waals surface area (Å²) >= 11 is 26.1. The number of nitrogens with one attached hydrogen (secondary N) is 1. The summed E-state index contributed by atoms with van der Waals surface area (Å²) in [5.74, 6) is 0.0835. The lowest BCUT2D eigenvalue weighted by atomic mass is 10.3. The van der Waals surface area contributed by atoms with Crippen LogP contribution >= 0.6 is 69.5 Å². The normalized spacial score (nSPS) is 10.5. The molecule has 2 aromatic heterocycles. The van der Waals surface area contributed by atoms with Crippen LogP contribution < -0.4 is 5.32 Å². The van der Waals surface area contributed by atoms with Crippen LogP contribution in [-0.2, 0) is 0 Å². The van der Waals surface area contributed by atoms with Crippen LogP contribution in [0.25, 0.3) is 0 Å². The summed E-state index contributed by atoms with van der Waals surface area (Å²) in [4.78, 5) is 16.0. The fourth-order valence-corrected chi connectivity index (χ4v) is 3.56. The number of anilines is 1. The van der Waals surface area contributed by atoms with Gasteiger partial charge in [-0.15, -0.1) is 16.8 Å². The molecule has 2 rings (SSSR count). The van der Waals surface area contributed by atoms with Crippen molar-refractivity contribution in [1.82, 2.24) is 15.2 Å². The highest BCUT2D eigenvalue weighted by Gasteiger charge is 2.21. The molecule has 0 saturated heterocycles. The van der Waals surface area contributed by atoms with Gasteiger partial charge in [-0.2, -0.15) is 0 Å². The minimum absolute atomic E-state index is 0.0103. The maximum absolute atomic E-state index is 12.2. The van der Waals surface area contributed by atoms with Gasteiger partial charge in [0.25, 0.3) is 5.91 Å². The van der Waals surface area contributed by atoms with Crippen molar-refractivity contribution in [3.05, 3.63) is 38.6 Å². The first-order valence-electron chi connectivity index (χ1n) is 5.52. The average molecular weight is 416 g/mol. The van der Waals surface area contributed by atoms with E-state index in [9.17, 15) is 4.79 Å². The molecule has 0 aliphatic heterocycles. The molecule has 0 aromatic carbocycles. The summed E-state index contributed by atoms with van der Waals surface area (Å²) < 4.78 is 0.696. The lowest BCUT2D eigenvalue weighted by Gasteiger charge is -2.07. The van der Waals surface area contributed by atoms with Crippen molar-refractivity contribution in [2.24, 2.45) is 0 Å². The molecule has 0 unspecified atom stereocenters. The molecular formula is C11H6Cl4N4OS2. The zero-order chi connectivity index (χ0) is 16.3. The molecule has 0 spiro atoms. The molecule has 1 amide bonds. The Hall–Kier alpha value is -0.570. The first kappa shape index (κ1) is 17.8. The van der Waals surface area contributed by atoms with E-state index < -0.39 is 5.91 Å². The van der Waals surface area contributed by atoms with Crippen LogP contribution in [0.1, 0.15) is 10.5 Å². The first-order chi connectivity index (χ1) is 10.4. The predicted molar refractivity (Wildman–Crippen MR) is 93.1 cm³/mol. The summed E-state index contributed by atoms with van der Waals surface area (Å²) in [6.07, 6.45) is 1.74. The number of carbonyl (C=O) groups excluding carboxylic acids is 1. The molecule has 5 nitrogen and oxygen atoms in total. The lowest BCUT2D eigenvalue weighted by molar-refractivity contribution is 0.102. The molecule has 0 atom stereocenters. The number of amides is 1. The number of halogens is 4. The van der Waals surface area contributed by atoms with E-state index in [1.54, 1.807) is 6.08 Å². The van der Waals surface area contributed by atoms with Crippen molar-refractivity contribution in [3.63, 3.8) is 0 Å². The smallest absolute Gasteiger partial charge is 0.277 e. The number of hydrogen-bond donors (Lipinski definition) is 1. The van der Waals surface area contributed by atoms with Gasteiger partial charge in [0.2, 0.25) is 5.13 Å². The van der Waals surface area contributed by atoms with Gasteiger partial charge in [-0.3, -0.25) is 10.1 Å². The molecule has 0 aliphatic rings. The summed E-state index contributed by atoms with van der Waals surface area (Å²) in [5, 5.41) is 10.4. The Morgan fingerprint density at radius 1 is 1.23 bits per heavy atom. The monoisotopic (exact) mass is 414 g/mol. The Morgan fingerprint density at radius 2 is 1.95 bits per heavy atom. The fraction of sp³-hybridized carbons (Fsp3) is 0.0909. The Bertz CT molecular complexity index is 737. The second-order valence-corrected chi connectivity index (χ2v) is 7.36. The number of carbonyl (C=O) groups is 1. The summed E-state index contributed by atoms with van der Waals surface area (Å²) in [7, 11) is 0. The topological polar surface area (TPSA) is 67.8 Å². The highest BCUT2D eigenvalue weighted by atomic mass is 35.5. The third-order valence-electron chi connectivity index (χ3n) is 2.15. The third kappa shape index (κ3) is 4.04. The van der Waals surface area contributed by atoms with Crippen molar-refractivity contribution >= 4 is 80.5 Å². The quantitative estimate of drug-likeness (QED) is 0.319. The summed E-state index contributed by atoms with van der Waals surface area (Å²) in [6, 6.07) is 0. The average Bonchev–Trinajstić information content (AvgIpc) is 2.94. The van der Waals surface area contributed by atoms with Crippen LogP contribution in [0.3, 0.4) is 0 Å². The SMILES string of the molecule is C=CCSc1nnc(NC(=O)c2nc(Cl)c(Cl)c(Cl)c2Cl)s1. The fourth-order valence-electron chi connectivity index (χ4n) is 1.24.